The molecule has 0 spiro atoms. The standard InChI is InChI=1S/C21H24INO3/c1-13(2)17-9-6-10-18(14(3)4)20(17)23-19(24)12-26-21(25)15-7-5-8-16(22)11-15/h5-11,13-14H,12H2,1-4H3,(H,23,24). The fourth-order valence-electron chi connectivity index (χ4n) is 2.70. The molecule has 1 N–H and O–H groups in total. The molecule has 1 amide bonds. The van der Waals surface area contributed by atoms with Crippen LogP contribution in [0.5, 0.6) is 0 Å². The van der Waals surface area contributed by atoms with Crippen LogP contribution in [0, 0.1) is 3.57 Å². The van der Waals surface area contributed by atoms with E-state index < -0.39 is 5.97 Å². The van der Waals surface area contributed by atoms with Crippen molar-refractivity contribution in [1.82, 2.24) is 0 Å². The van der Waals surface area contributed by atoms with E-state index in [1.54, 1.807) is 18.2 Å². The van der Waals surface area contributed by atoms with Crippen LogP contribution in [0.25, 0.3) is 0 Å². The minimum Gasteiger partial charge on any atom is -0.452 e. The van der Waals surface area contributed by atoms with Crippen LogP contribution in [0.4, 0.5) is 5.69 Å². The van der Waals surface area contributed by atoms with Crippen LogP contribution >= 0.6 is 22.6 Å². The highest BCUT2D eigenvalue weighted by Gasteiger charge is 2.17. The van der Waals surface area contributed by atoms with Crippen LogP contribution < -0.4 is 5.32 Å². The Balaban J connectivity index is 2.09. The average molecular weight is 465 g/mol. The Morgan fingerprint density at radius 2 is 1.58 bits per heavy atom. The highest BCUT2D eigenvalue weighted by molar-refractivity contribution is 14.1. The maximum absolute atomic E-state index is 12.4. The molecule has 0 bridgehead atoms. The molecule has 0 radical (unpaired) electrons. The molecule has 0 aliphatic carbocycles. The first-order valence-corrected chi connectivity index (χ1v) is 9.72. The number of esters is 1. The summed E-state index contributed by atoms with van der Waals surface area (Å²) in [5.74, 6) is -0.283. The van der Waals surface area contributed by atoms with E-state index in [0.717, 1.165) is 20.4 Å². The van der Waals surface area contributed by atoms with Crippen molar-refractivity contribution in [2.75, 3.05) is 11.9 Å². The zero-order valence-electron chi connectivity index (χ0n) is 15.5. The second kappa shape index (κ2) is 9.16. The van der Waals surface area contributed by atoms with Gasteiger partial charge in [0.25, 0.3) is 5.91 Å². The number of anilines is 1. The van der Waals surface area contributed by atoms with Gasteiger partial charge in [0.1, 0.15) is 0 Å². The van der Waals surface area contributed by atoms with Gasteiger partial charge in [-0.3, -0.25) is 4.79 Å². The lowest BCUT2D eigenvalue weighted by atomic mass is 9.92. The number of hydrogen-bond acceptors (Lipinski definition) is 3. The summed E-state index contributed by atoms with van der Waals surface area (Å²) in [5, 5.41) is 2.94. The number of hydrogen-bond donors (Lipinski definition) is 1. The highest BCUT2D eigenvalue weighted by atomic mass is 127. The van der Waals surface area contributed by atoms with Crippen molar-refractivity contribution in [2.45, 2.75) is 39.5 Å². The van der Waals surface area contributed by atoms with E-state index in [0.29, 0.717) is 5.56 Å². The zero-order valence-corrected chi connectivity index (χ0v) is 17.7. The molecule has 0 saturated carbocycles. The maximum atomic E-state index is 12.4. The minimum atomic E-state index is -0.500. The fourth-order valence-corrected chi connectivity index (χ4v) is 3.24. The van der Waals surface area contributed by atoms with Crippen molar-refractivity contribution < 1.29 is 14.3 Å². The molecule has 5 heteroatoms. The monoisotopic (exact) mass is 465 g/mol. The molecule has 2 aromatic rings. The number of halogens is 1. The fraction of sp³-hybridized carbons (Fsp3) is 0.333. The Labute approximate surface area is 168 Å². The van der Waals surface area contributed by atoms with Gasteiger partial charge in [-0.2, -0.15) is 0 Å². The number of nitrogens with one attached hydrogen (secondary N) is 1. The van der Waals surface area contributed by atoms with Crippen molar-refractivity contribution in [2.24, 2.45) is 0 Å². The van der Waals surface area contributed by atoms with Gasteiger partial charge in [0.15, 0.2) is 6.61 Å². The molecule has 4 nitrogen and oxygen atoms in total. The van der Waals surface area contributed by atoms with E-state index in [4.69, 9.17) is 4.74 Å². The summed E-state index contributed by atoms with van der Waals surface area (Å²) < 4.78 is 6.10. The van der Waals surface area contributed by atoms with E-state index in [-0.39, 0.29) is 24.3 Å². The summed E-state index contributed by atoms with van der Waals surface area (Å²) in [4.78, 5) is 24.5. The molecule has 0 atom stereocenters. The van der Waals surface area contributed by atoms with E-state index >= 15 is 0 Å². The predicted molar refractivity (Wildman–Crippen MR) is 113 cm³/mol. The van der Waals surface area contributed by atoms with Crippen LogP contribution in [0.2, 0.25) is 0 Å². The predicted octanol–water partition coefficient (Wildman–Crippen LogP) is 5.33. The van der Waals surface area contributed by atoms with E-state index in [9.17, 15) is 9.59 Å². The lowest BCUT2D eigenvalue weighted by Crippen LogP contribution is -2.22. The third-order valence-corrected chi connectivity index (χ3v) is 4.70. The van der Waals surface area contributed by atoms with E-state index in [1.807, 2.05) is 24.3 Å². The molecule has 0 aliphatic heterocycles. The first-order valence-electron chi connectivity index (χ1n) is 8.65. The third kappa shape index (κ3) is 5.30. The summed E-state index contributed by atoms with van der Waals surface area (Å²) in [6.45, 7) is 8.05. The van der Waals surface area contributed by atoms with Crippen molar-refractivity contribution in [3.63, 3.8) is 0 Å². The van der Waals surface area contributed by atoms with Crippen molar-refractivity contribution >= 4 is 40.2 Å². The summed E-state index contributed by atoms with van der Waals surface area (Å²) in [5.41, 5.74) is 3.42. The number of amides is 1. The zero-order chi connectivity index (χ0) is 19.3. The molecule has 2 aromatic carbocycles. The van der Waals surface area contributed by atoms with Crippen molar-refractivity contribution in [3.05, 3.63) is 62.7 Å². The third-order valence-electron chi connectivity index (χ3n) is 4.03. The van der Waals surface area contributed by atoms with Crippen LogP contribution in [0.3, 0.4) is 0 Å². The molecule has 0 unspecified atom stereocenters. The van der Waals surface area contributed by atoms with Crippen molar-refractivity contribution in [3.8, 4) is 0 Å². The first kappa shape index (κ1) is 20.4. The topological polar surface area (TPSA) is 55.4 Å². The molecular weight excluding hydrogens is 441 g/mol. The summed E-state index contributed by atoms with van der Waals surface area (Å²) in [6, 6.07) is 13.1. The van der Waals surface area contributed by atoms with Crippen molar-refractivity contribution in [1.29, 1.82) is 0 Å². The largest absolute Gasteiger partial charge is 0.452 e. The Morgan fingerprint density at radius 1 is 1.00 bits per heavy atom. The molecule has 2 rings (SSSR count). The Hall–Kier alpha value is -1.89. The number of benzene rings is 2. The number of carbonyl (C=O) groups excluding carboxylic acids is 2. The van der Waals surface area contributed by atoms with Crippen LogP contribution in [0.15, 0.2) is 42.5 Å². The molecule has 0 heterocycles. The van der Waals surface area contributed by atoms with E-state index in [1.165, 1.54) is 0 Å². The molecule has 0 fully saturated rings. The number of para-hydroxylation sites is 1. The summed E-state index contributed by atoms with van der Waals surface area (Å²) >= 11 is 2.13. The average Bonchev–Trinajstić information content (AvgIpc) is 2.59. The van der Waals surface area contributed by atoms with Gasteiger partial charge in [0.2, 0.25) is 0 Å². The summed E-state index contributed by atoms with van der Waals surface area (Å²) in [7, 11) is 0. The maximum Gasteiger partial charge on any atom is 0.338 e. The van der Waals surface area contributed by atoms with Gasteiger partial charge in [-0.1, -0.05) is 52.0 Å². The second-order valence-electron chi connectivity index (χ2n) is 6.76. The van der Waals surface area contributed by atoms with Gasteiger partial charge in [-0.05, 0) is 63.8 Å². The quantitative estimate of drug-likeness (QED) is 0.463. The SMILES string of the molecule is CC(C)c1cccc(C(C)C)c1NC(=O)COC(=O)c1cccc(I)c1. The van der Waals surface area contributed by atoms with Gasteiger partial charge in [0.05, 0.1) is 5.56 Å². The van der Waals surface area contributed by atoms with Crippen LogP contribution in [-0.2, 0) is 9.53 Å². The lowest BCUT2D eigenvalue weighted by Gasteiger charge is -2.20. The van der Waals surface area contributed by atoms with Gasteiger partial charge in [-0.25, -0.2) is 4.79 Å². The first-order chi connectivity index (χ1) is 12.3. The smallest absolute Gasteiger partial charge is 0.338 e. The minimum absolute atomic E-state index is 0.276. The van der Waals surface area contributed by atoms with Crippen LogP contribution in [0.1, 0.15) is 61.0 Å². The van der Waals surface area contributed by atoms with Gasteiger partial charge < -0.3 is 10.1 Å². The number of rotatable bonds is 6. The lowest BCUT2D eigenvalue weighted by molar-refractivity contribution is -0.119. The Kier molecular flexibility index (Phi) is 7.20. The second-order valence-corrected chi connectivity index (χ2v) is 8.00. The van der Waals surface area contributed by atoms with Gasteiger partial charge in [-0.15, -0.1) is 0 Å². The number of ether oxygens (including phenoxy) is 1. The van der Waals surface area contributed by atoms with Crippen LogP contribution in [-0.4, -0.2) is 18.5 Å². The molecule has 0 aromatic heterocycles. The summed E-state index contributed by atoms with van der Waals surface area (Å²) in [6.07, 6.45) is 0. The number of carbonyl (C=O) groups is 2. The molecule has 26 heavy (non-hydrogen) atoms. The Morgan fingerprint density at radius 3 is 2.12 bits per heavy atom. The Bertz CT molecular complexity index is 773. The molecule has 0 saturated heterocycles. The highest BCUT2D eigenvalue weighted by Crippen LogP contribution is 2.32. The molecular formula is C21H24INO3. The normalized spacial score (nSPS) is 10.9. The molecule has 138 valence electrons. The van der Waals surface area contributed by atoms with Gasteiger partial charge in [0, 0.05) is 9.26 Å². The van der Waals surface area contributed by atoms with Gasteiger partial charge >= 0.3 is 5.97 Å². The van der Waals surface area contributed by atoms with E-state index in [2.05, 4.69) is 55.6 Å². The molecule has 0 aliphatic rings.